The fraction of sp³-hybridized carbons (Fsp3) is 0.438. The average Bonchev–Trinajstić information content (AvgIpc) is 2.94. The zero-order valence-electron chi connectivity index (χ0n) is 12.6. The van der Waals surface area contributed by atoms with Gasteiger partial charge in [0.15, 0.2) is 0 Å². The fourth-order valence-electron chi connectivity index (χ4n) is 2.84. The summed E-state index contributed by atoms with van der Waals surface area (Å²) in [5.74, 6) is 0.687. The van der Waals surface area contributed by atoms with Gasteiger partial charge in [-0.2, -0.15) is 0 Å². The first-order valence-electron chi connectivity index (χ1n) is 7.37. The van der Waals surface area contributed by atoms with E-state index in [1.165, 1.54) is 0 Å². The van der Waals surface area contributed by atoms with Gasteiger partial charge in [-0.3, -0.25) is 4.79 Å². The van der Waals surface area contributed by atoms with Crippen molar-refractivity contribution in [3.63, 3.8) is 0 Å². The molecule has 0 spiro atoms. The van der Waals surface area contributed by atoms with Crippen molar-refractivity contribution in [2.45, 2.75) is 38.8 Å². The number of hydrogen-bond acceptors (Lipinski definition) is 5. The van der Waals surface area contributed by atoms with Gasteiger partial charge in [-0.15, -0.1) is 11.3 Å². The SMILES string of the molecule is Cc1cc(C(=O)NC(c2cccs2)C2CC(O)C2)nc(C)n1. The molecule has 2 aromatic rings. The normalized spacial score (nSPS) is 22.0. The van der Waals surface area contributed by atoms with E-state index >= 15 is 0 Å². The Bertz CT molecular complexity index is 646. The Kier molecular flexibility index (Phi) is 4.22. The van der Waals surface area contributed by atoms with Crippen LogP contribution >= 0.6 is 11.3 Å². The van der Waals surface area contributed by atoms with Crippen molar-refractivity contribution < 1.29 is 9.90 Å². The molecule has 6 heteroatoms. The molecule has 3 rings (SSSR count). The molecule has 116 valence electrons. The quantitative estimate of drug-likeness (QED) is 0.908. The van der Waals surface area contributed by atoms with Gasteiger partial charge in [0.25, 0.3) is 5.91 Å². The lowest BCUT2D eigenvalue weighted by Crippen LogP contribution is -2.41. The number of aliphatic hydroxyl groups excluding tert-OH is 1. The summed E-state index contributed by atoms with van der Waals surface area (Å²) >= 11 is 1.62. The highest BCUT2D eigenvalue weighted by Gasteiger charge is 2.36. The molecule has 0 aliphatic heterocycles. The molecule has 1 fully saturated rings. The molecule has 2 heterocycles. The summed E-state index contributed by atoms with van der Waals surface area (Å²) in [6.45, 7) is 3.63. The van der Waals surface area contributed by atoms with E-state index in [1.54, 1.807) is 24.3 Å². The fourth-order valence-corrected chi connectivity index (χ4v) is 3.71. The minimum Gasteiger partial charge on any atom is -0.393 e. The monoisotopic (exact) mass is 317 g/mol. The van der Waals surface area contributed by atoms with E-state index in [1.807, 2.05) is 24.4 Å². The Morgan fingerprint density at radius 1 is 1.41 bits per heavy atom. The number of thiophene rings is 1. The molecule has 1 atom stereocenters. The first-order chi connectivity index (χ1) is 10.5. The zero-order chi connectivity index (χ0) is 15.7. The number of carbonyl (C=O) groups excluding carboxylic acids is 1. The second kappa shape index (κ2) is 6.14. The third kappa shape index (κ3) is 3.18. The standard InChI is InChI=1S/C16H19N3O2S/c1-9-6-13(18-10(2)17-9)16(21)19-15(11-7-12(20)8-11)14-4-3-5-22-14/h3-6,11-12,15,20H,7-8H2,1-2H3,(H,19,21). The maximum atomic E-state index is 12.5. The van der Waals surface area contributed by atoms with Crippen molar-refractivity contribution in [1.29, 1.82) is 0 Å². The maximum Gasteiger partial charge on any atom is 0.270 e. The molecular formula is C16H19N3O2S. The number of amides is 1. The molecule has 0 radical (unpaired) electrons. The Hall–Kier alpha value is -1.79. The summed E-state index contributed by atoms with van der Waals surface area (Å²) in [5, 5.41) is 14.6. The van der Waals surface area contributed by atoms with Gasteiger partial charge in [0, 0.05) is 10.6 Å². The molecule has 0 bridgehead atoms. The Labute approximate surface area is 133 Å². The molecule has 0 saturated heterocycles. The first kappa shape index (κ1) is 15.1. The second-order valence-corrected chi connectivity index (χ2v) is 6.77. The van der Waals surface area contributed by atoms with Gasteiger partial charge in [0.1, 0.15) is 11.5 Å². The molecule has 1 saturated carbocycles. The van der Waals surface area contributed by atoms with Crippen LogP contribution in [0.1, 0.15) is 45.8 Å². The van der Waals surface area contributed by atoms with Crippen LogP contribution in [0.4, 0.5) is 0 Å². The summed E-state index contributed by atoms with van der Waals surface area (Å²) in [5.41, 5.74) is 1.18. The van der Waals surface area contributed by atoms with Gasteiger partial charge in [-0.25, -0.2) is 9.97 Å². The van der Waals surface area contributed by atoms with E-state index in [4.69, 9.17) is 0 Å². The number of aliphatic hydroxyl groups is 1. The summed E-state index contributed by atoms with van der Waals surface area (Å²) < 4.78 is 0. The van der Waals surface area contributed by atoms with Crippen LogP contribution in [-0.4, -0.2) is 27.1 Å². The summed E-state index contributed by atoms with van der Waals surface area (Å²) in [6.07, 6.45) is 1.21. The van der Waals surface area contributed by atoms with E-state index in [2.05, 4.69) is 15.3 Å². The third-order valence-corrected chi connectivity index (χ3v) is 4.91. The number of aryl methyl sites for hydroxylation is 2. The molecule has 0 aromatic carbocycles. The summed E-state index contributed by atoms with van der Waals surface area (Å²) in [4.78, 5) is 22.1. The zero-order valence-corrected chi connectivity index (χ0v) is 13.4. The molecule has 2 N–H and O–H groups in total. The van der Waals surface area contributed by atoms with Crippen LogP contribution in [0.5, 0.6) is 0 Å². The van der Waals surface area contributed by atoms with Crippen LogP contribution in [0, 0.1) is 19.8 Å². The van der Waals surface area contributed by atoms with Crippen LogP contribution < -0.4 is 5.32 Å². The van der Waals surface area contributed by atoms with Gasteiger partial charge >= 0.3 is 0 Å². The predicted octanol–water partition coefficient (Wildman–Crippen LogP) is 2.40. The Morgan fingerprint density at radius 3 is 2.77 bits per heavy atom. The van der Waals surface area contributed by atoms with E-state index in [9.17, 15) is 9.90 Å². The highest BCUT2D eigenvalue weighted by atomic mass is 32.1. The molecule has 1 aliphatic carbocycles. The number of aromatic nitrogens is 2. The lowest BCUT2D eigenvalue weighted by atomic mass is 9.76. The van der Waals surface area contributed by atoms with Crippen LogP contribution in [0.15, 0.2) is 23.6 Å². The molecule has 22 heavy (non-hydrogen) atoms. The van der Waals surface area contributed by atoms with Crippen molar-refractivity contribution in [1.82, 2.24) is 15.3 Å². The molecule has 2 aromatic heterocycles. The van der Waals surface area contributed by atoms with Crippen molar-refractivity contribution in [2.75, 3.05) is 0 Å². The van der Waals surface area contributed by atoms with Crippen LogP contribution in [0.25, 0.3) is 0 Å². The first-order valence-corrected chi connectivity index (χ1v) is 8.25. The van der Waals surface area contributed by atoms with Crippen molar-refractivity contribution in [2.24, 2.45) is 5.92 Å². The number of rotatable bonds is 4. The lowest BCUT2D eigenvalue weighted by Gasteiger charge is -2.37. The predicted molar refractivity (Wildman–Crippen MR) is 84.8 cm³/mol. The second-order valence-electron chi connectivity index (χ2n) is 5.79. The van der Waals surface area contributed by atoms with E-state index in [0.717, 1.165) is 23.4 Å². The Balaban J connectivity index is 1.79. The van der Waals surface area contributed by atoms with E-state index in [0.29, 0.717) is 11.5 Å². The smallest absolute Gasteiger partial charge is 0.270 e. The van der Waals surface area contributed by atoms with Gasteiger partial charge in [-0.05, 0) is 50.1 Å². The van der Waals surface area contributed by atoms with Gasteiger partial charge < -0.3 is 10.4 Å². The third-order valence-electron chi connectivity index (χ3n) is 3.96. The number of carbonyl (C=O) groups is 1. The Morgan fingerprint density at radius 2 is 2.18 bits per heavy atom. The number of hydrogen-bond donors (Lipinski definition) is 2. The molecular weight excluding hydrogens is 298 g/mol. The average molecular weight is 317 g/mol. The molecule has 1 amide bonds. The number of nitrogens with one attached hydrogen (secondary N) is 1. The number of nitrogens with zero attached hydrogens (tertiary/aromatic N) is 2. The summed E-state index contributed by atoms with van der Waals surface area (Å²) in [6, 6.07) is 5.64. The van der Waals surface area contributed by atoms with Gasteiger partial charge in [0.2, 0.25) is 0 Å². The summed E-state index contributed by atoms with van der Waals surface area (Å²) in [7, 11) is 0. The van der Waals surface area contributed by atoms with E-state index < -0.39 is 0 Å². The van der Waals surface area contributed by atoms with Crippen LogP contribution in [0.2, 0.25) is 0 Å². The highest BCUT2D eigenvalue weighted by Crippen LogP contribution is 2.39. The molecule has 1 unspecified atom stereocenters. The van der Waals surface area contributed by atoms with Gasteiger partial charge in [-0.1, -0.05) is 6.07 Å². The largest absolute Gasteiger partial charge is 0.393 e. The van der Waals surface area contributed by atoms with Gasteiger partial charge in [0.05, 0.1) is 12.1 Å². The van der Waals surface area contributed by atoms with Crippen molar-refractivity contribution in [3.05, 3.63) is 45.7 Å². The maximum absolute atomic E-state index is 12.5. The van der Waals surface area contributed by atoms with E-state index in [-0.39, 0.29) is 24.0 Å². The van der Waals surface area contributed by atoms with Crippen molar-refractivity contribution in [3.8, 4) is 0 Å². The van der Waals surface area contributed by atoms with Crippen molar-refractivity contribution >= 4 is 17.2 Å². The van der Waals surface area contributed by atoms with Crippen LogP contribution in [-0.2, 0) is 0 Å². The minimum atomic E-state index is -0.243. The van der Waals surface area contributed by atoms with Crippen LogP contribution in [0.3, 0.4) is 0 Å². The topological polar surface area (TPSA) is 75.1 Å². The minimum absolute atomic E-state index is 0.0634. The lowest BCUT2D eigenvalue weighted by molar-refractivity contribution is 0.0240. The molecule has 5 nitrogen and oxygen atoms in total. The molecule has 1 aliphatic rings. The highest BCUT2D eigenvalue weighted by molar-refractivity contribution is 7.10.